The van der Waals surface area contributed by atoms with Gasteiger partial charge in [-0.1, -0.05) is 13.8 Å². The monoisotopic (exact) mass is 394 g/mol. The number of likely N-dealkylation sites (N-methyl/N-ethyl adjacent to an activating group) is 1. The van der Waals surface area contributed by atoms with E-state index in [1.807, 2.05) is 41.8 Å². The Morgan fingerprint density at radius 3 is 2.72 bits per heavy atom. The van der Waals surface area contributed by atoms with Crippen molar-refractivity contribution in [2.75, 3.05) is 27.2 Å². The van der Waals surface area contributed by atoms with Crippen molar-refractivity contribution in [3.63, 3.8) is 0 Å². The minimum Gasteiger partial charge on any atom is -0.404 e. The van der Waals surface area contributed by atoms with Crippen molar-refractivity contribution in [1.82, 2.24) is 29.3 Å². The van der Waals surface area contributed by atoms with Crippen LogP contribution in [0.5, 0.6) is 0 Å². The molecule has 0 saturated carbocycles. The zero-order valence-electron chi connectivity index (χ0n) is 17.7. The molecule has 0 saturated heterocycles. The second kappa shape index (κ2) is 9.47. The number of hydrogen-bond donors (Lipinski definition) is 1. The number of aliphatic imine (C=N–C) groups is 1. The van der Waals surface area contributed by atoms with E-state index < -0.39 is 0 Å². The lowest BCUT2D eigenvalue weighted by Gasteiger charge is -2.12. The zero-order chi connectivity index (χ0) is 20.8. The zero-order valence-corrected chi connectivity index (χ0v) is 17.7. The Labute approximate surface area is 171 Å². The first-order chi connectivity index (χ1) is 14.1. The van der Waals surface area contributed by atoms with Gasteiger partial charge in [0.25, 0.3) is 0 Å². The van der Waals surface area contributed by atoms with Crippen LogP contribution in [0.1, 0.15) is 38.4 Å². The number of aromatic nitrogens is 5. The van der Waals surface area contributed by atoms with Crippen LogP contribution >= 0.6 is 0 Å². The van der Waals surface area contributed by atoms with Gasteiger partial charge in [0.2, 0.25) is 0 Å². The molecule has 3 rings (SSSR count). The normalized spacial score (nSPS) is 12.8. The highest BCUT2D eigenvalue weighted by molar-refractivity contribution is 6.09. The van der Waals surface area contributed by atoms with Gasteiger partial charge < -0.3 is 10.6 Å². The summed E-state index contributed by atoms with van der Waals surface area (Å²) >= 11 is 0. The number of fused-ring (bicyclic) bond motifs is 1. The van der Waals surface area contributed by atoms with Crippen molar-refractivity contribution in [1.29, 1.82) is 0 Å². The quantitative estimate of drug-likeness (QED) is 0.564. The summed E-state index contributed by atoms with van der Waals surface area (Å²) in [6, 6.07) is 2.34. The molecule has 3 aromatic rings. The summed E-state index contributed by atoms with van der Waals surface area (Å²) in [7, 11) is 4.05. The molecule has 29 heavy (non-hydrogen) atoms. The smallest absolute Gasteiger partial charge is 0.0999 e. The molecule has 0 aliphatic carbocycles. The Hall–Kier alpha value is -3.00. The van der Waals surface area contributed by atoms with Gasteiger partial charge in [-0.3, -0.25) is 9.67 Å². The minimum atomic E-state index is 0.385. The first-order valence-electron chi connectivity index (χ1n) is 10.0. The van der Waals surface area contributed by atoms with Crippen LogP contribution in [-0.2, 0) is 0 Å². The summed E-state index contributed by atoms with van der Waals surface area (Å²) in [6.07, 6.45) is 13.0. The van der Waals surface area contributed by atoms with Crippen LogP contribution in [0, 0.1) is 0 Å². The molecular formula is C21H30N8. The maximum Gasteiger partial charge on any atom is 0.0999 e. The molecule has 0 radical (unpaired) electrons. The fourth-order valence-electron chi connectivity index (χ4n) is 3.22. The van der Waals surface area contributed by atoms with E-state index in [1.165, 1.54) is 6.20 Å². The summed E-state index contributed by atoms with van der Waals surface area (Å²) in [5.41, 5.74) is 10.1. The van der Waals surface area contributed by atoms with Gasteiger partial charge in [0.1, 0.15) is 0 Å². The highest BCUT2D eigenvalue weighted by atomic mass is 15.3. The van der Waals surface area contributed by atoms with E-state index in [0.29, 0.717) is 12.6 Å². The van der Waals surface area contributed by atoms with E-state index in [-0.39, 0.29) is 0 Å². The summed E-state index contributed by atoms with van der Waals surface area (Å²) in [5.74, 6) is 0. The predicted octanol–water partition coefficient (Wildman–Crippen LogP) is 2.89. The van der Waals surface area contributed by atoms with Crippen molar-refractivity contribution >= 4 is 17.3 Å². The molecule has 0 aliphatic rings. The van der Waals surface area contributed by atoms with E-state index >= 15 is 0 Å². The third-order valence-corrected chi connectivity index (χ3v) is 4.96. The van der Waals surface area contributed by atoms with Crippen molar-refractivity contribution in [3.05, 3.63) is 42.7 Å². The van der Waals surface area contributed by atoms with E-state index in [0.717, 1.165) is 47.4 Å². The predicted molar refractivity (Wildman–Crippen MR) is 118 cm³/mol. The topological polar surface area (TPSA) is 89.6 Å². The van der Waals surface area contributed by atoms with Gasteiger partial charge in [-0.05, 0) is 33.0 Å². The molecule has 8 heteroatoms. The molecule has 2 N–H and O–H groups in total. The van der Waals surface area contributed by atoms with Crippen LogP contribution < -0.4 is 5.73 Å². The third-order valence-electron chi connectivity index (χ3n) is 4.96. The SMILES string of the molecule is CCC(CC)n1cc(-c2nc(C(C=NCCN(C)C)=CN)cn3nccc23)cn1. The maximum atomic E-state index is 5.89. The molecule has 0 amide bonds. The molecule has 8 nitrogen and oxygen atoms in total. The summed E-state index contributed by atoms with van der Waals surface area (Å²) < 4.78 is 3.85. The number of allylic oxidation sites excluding steroid dienone is 1. The standard InChI is InChI=1S/C21H30N8/c1-5-18(6-2)28-14-17(13-25-28)21-20-7-8-24-29(20)15-19(26-21)16(11-22)12-23-9-10-27(3)4/h7-8,11-15,18H,5-6,9-10,22H2,1-4H3. The van der Waals surface area contributed by atoms with Crippen LogP contribution in [0.4, 0.5) is 0 Å². The molecule has 0 spiro atoms. The number of nitrogens with two attached hydrogens (primary N) is 1. The highest BCUT2D eigenvalue weighted by Gasteiger charge is 2.15. The molecule has 0 bridgehead atoms. The van der Waals surface area contributed by atoms with Crippen LogP contribution in [0.3, 0.4) is 0 Å². The molecule has 0 atom stereocenters. The van der Waals surface area contributed by atoms with Crippen LogP contribution in [0.25, 0.3) is 22.3 Å². The van der Waals surface area contributed by atoms with Crippen LogP contribution in [-0.4, -0.2) is 62.7 Å². The Morgan fingerprint density at radius 1 is 1.24 bits per heavy atom. The summed E-state index contributed by atoms with van der Waals surface area (Å²) in [4.78, 5) is 11.5. The fourth-order valence-corrected chi connectivity index (χ4v) is 3.22. The lowest BCUT2D eigenvalue weighted by Crippen LogP contribution is -2.15. The van der Waals surface area contributed by atoms with E-state index in [2.05, 4.69) is 40.1 Å². The number of nitrogens with zero attached hydrogens (tertiary/aromatic N) is 7. The molecule has 0 aliphatic heterocycles. The number of hydrogen-bond acceptors (Lipinski definition) is 6. The van der Waals surface area contributed by atoms with Crippen molar-refractivity contribution in [2.24, 2.45) is 10.7 Å². The average Bonchev–Trinajstić information content (AvgIpc) is 3.38. The Morgan fingerprint density at radius 2 is 2.03 bits per heavy atom. The van der Waals surface area contributed by atoms with Crippen molar-refractivity contribution in [3.8, 4) is 11.3 Å². The van der Waals surface area contributed by atoms with Gasteiger partial charge in [-0.2, -0.15) is 10.2 Å². The Balaban J connectivity index is 1.98. The largest absolute Gasteiger partial charge is 0.404 e. The van der Waals surface area contributed by atoms with E-state index in [9.17, 15) is 0 Å². The third kappa shape index (κ3) is 4.71. The fraction of sp³-hybridized carbons (Fsp3) is 0.429. The molecule has 0 aromatic carbocycles. The number of rotatable bonds is 9. The van der Waals surface area contributed by atoms with Gasteiger partial charge in [-0.25, -0.2) is 9.50 Å². The minimum absolute atomic E-state index is 0.385. The van der Waals surface area contributed by atoms with Gasteiger partial charge in [0, 0.05) is 36.3 Å². The summed E-state index contributed by atoms with van der Waals surface area (Å²) in [5, 5.41) is 8.98. The first kappa shape index (κ1) is 20.7. The van der Waals surface area contributed by atoms with Crippen molar-refractivity contribution < 1.29 is 0 Å². The Kier molecular flexibility index (Phi) is 6.77. The lowest BCUT2D eigenvalue weighted by molar-refractivity contribution is 0.421. The van der Waals surface area contributed by atoms with Crippen LogP contribution in [0.2, 0.25) is 0 Å². The van der Waals surface area contributed by atoms with Gasteiger partial charge in [0.15, 0.2) is 0 Å². The second-order valence-electron chi connectivity index (χ2n) is 7.28. The lowest BCUT2D eigenvalue weighted by atomic mass is 10.1. The molecule has 0 fully saturated rings. The average molecular weight is 395 g/mol. The van der Waals surface area contributed by atoms with Crippen LogP contribution in [0.15, 0.2) is 42.0 Å². The molecule has 3 heterocycles. The molecular weight excluding hydrogens is 364 g/mol. The van der Waals surface area contributed by atoms with Crippen molar-refractivity contribution in [2.45, 2.75) is 32.7 Å². The first-order valence-corrected chi connectivity index (χ1v) is 10.0. The summed E-state index contributed by atoms with van der Waals surface area (Å²) in [6.45, 7) is 5.93. The van der Waals surface area contributed by atoms with Gasteiger partial charge in [0.05, 0.1) is 48.1 Å². The highest BCUT2D eigenvalue weighted by Crippen LogP contribution is 2.26. The second-order valence-corrected chi connectivity index (χ2v) is 7.28. The Bertz CT molecular complexity index is 991. The van der Waals surface area contributed by atoms with E-state index in [4.69, 9.17) is 10.7 Å². The van der Waals surface area contributed by atoms with E-state index in [1.54, 1.807) is 12.4 Å². The molecule has 3 aromatic heterocycles. The van der Waals surface area contributed by atoms with Gasteiger partial charge in [-0.15, -0.1) is 0 Å². The molecule has 154 valence electrons. The maximum absolute atomic E-state index is 5.89. The molecule has 0 unspecified atom stereocenters. The van der Waals surface area contributed by atoms with Gasteiger partial charge >= 0.3 is 0 Å².